The third-order valence-electron chi connectivity index (χ3n) is 3.41. The van der Waals surface area contributed by atoms with Crippen molar-refractivity contribution in [3.63, 3.8) is 0 Å². The molecule has 1 rings (SSSR count). The highest BCUT2D eigenvalue weighted by Crippen LogP contribution is 2.05. The average molecular weight is 407 g/mol. The molecule has 0 radical (unpaired) electrons. The largest absolute Gasteiger partial charge is 0.356 e. The van der Waals surface area contributed by atoms with Crippen LogP contribution in [0.1, 0.15) is 32.8 Å². The van der Waals surface area contributed by atoms with Crippen LogP contribution >= 0.6 is 24.0 Å². The van der Waals surface area contributed by atoms with E-state index in [1.165, 1.54) is 6.07 Å². The van der Waals surface area contributed by atoms with Gasteiger partial charge in [0, 0.05) is 19.6 Å². The summed E-state index contributed by atoms with van der Waals surface area (Å²) in [5.74, 6) is 1.21. The second-order valence-electron chi connectivity index (χ2n) is 5.41. The topological polar surface area (TPSA) is 36.4 Å². The Morgan fingerprint density at radius 1 is 1.29 bits per heavy atom. The van der Waals surface area contributed by atoms with Crippen molar-refractivity contribution in [3.8, 4) is 0 Å². The first-order valence-corrected chi connectivity index (χ1v) is 7.24. The van der Waals surface area contributed by atoms with Crippen LogP contribution in [-0.4, -0.2) is 25.6 Å². The summed E-state index contributed by atoms with van der Waals surface area (Å²) in [6.07, 6.45) is 1.81. The molecule has 3 nitrogen and oxygen atoms in total. The highest BCUT2D eigenvalue weighted by Gasteiger charge is 2.08. The molecule has 1 aromatic carbocycles. The summed E-state index contributed by atoms with van der Waals surface area (Å²) in [6.45, 7) is 7.31. The molecule has 120 valence electrons. The Labute approximate surface area is 144 Å². The van der Waals surface area contributed by atoms with Crippen LogP contribution in [-0.2, 0) is 6.42 Å². The maximum Gasteiger partial charge on any atom is 0.191 e. The van der Waals surface area contributed by atoms with Crippen LogP contribution in [0.4, 0.5) is 4.39 Å². The SMILES string of the molecule is CN=C(NCCCc1cccc(F)c1)NC(C)C(C)C.I. The average Bonchev–Trinajstić information content (AvgIpc) is 2.41. The lowest BCUT2D eigenvalue weighted by molar-refractivity contribution is 0.480. The van der Waals surface area contributed by atoms with Gasteiger partial charge in [-0.2, -0.15) is 0 Å². The van der Waals surface area contributed by atoms with Gasteiger partial charge in [0.15, 0.2) is 5.96 Å². The molecule has 0 aliphatic carbocycles. The second-order valence-corrected chi connectivity index (χ2v) is 5.41. The molecule has 0 bridgehead atoms. The maximum absolute atomic E-state index is 13.0. The summed E-state index contributed by atoms with van der Waals surface area (Å²) >= 11 is 0. The lowest BCUT2D eigenvalue weighted by atomic mass is 10.1. The fraction of sp³-hybridized carbons (Fsp3) is 0.562. The van der Waals surface area contributed by atoms with Gasteiger partial charge in [-0.1, -0.05) is 26.0 Å². The standard InChI is InChI=1S/C16H26FN3.HI/c1-12(2)13(3)20-16(18-4)19-10-6-8-14-7-5-9-15(17)11-14;/h5,7,9,11-13H,6,8,10H2,1-4H3,(H2,18,19,20);1H. The van der Waals surface area contributed by atoms with E-state index in [2.05, 4.69) is 36.4 Å². The zero-order chi connectivity index (χ0) is 15.0. The van der Waals surface area contributed by atoms with Gasteiger partial charge in [-0.15, -0.1) is 24.0 Å². The highest BCUT2D eigenvalue weighted by atomic mass is 127. The third kappa shape index (κ3) is 8.24. The van der Waals surface area contributed by atoms with Crippen LogP contribution in [0.2, 0.25) is 0 Å². The van der Waals surface area contributed by atoms with Crippen LogP contribution in [0.5, 0.6) is 0 Å². The minimum Gasteiger partial charge on any atom is -0.356 e. The van der Waals surface area contributed by atoms with Crippen molar-refractivity contribution >= 4 is 29.9 Å². The smallest absolute Gasteiger partial charge is 0.191 e. The zero-order valence-corrected chi connectivity index (χ0v) is 15.6. The van der Waals surface area contributed by atoms with Gasteiger partial charge < -0.3 is 10.6 Å². The number of aryl methyl sites for hydroxylation is 1. The molecular weight excluding hydrogens is 380 g/mol. The molecule has 1 aromatic rings. The monoisotopic (exact) mass is 407 g/mol. The molecule has 0 amide bonds. The van der Waals surface area contributed by atoms with Gasteiger partial charge in [0.25, 0.3) is 0 Å². The minimum atomic E-state index is -0.168. The molecule has 1 unspecified atom stereocenters. The molecule has 0 fully saturated rings. The molecule has 0 aliphatic heterocycles. The van der Waals surface area contributed by atoms with Crippen molar-refractivity contribution < 1.29 is 4.39 Å². The molecule has 0 aromatic heterocycles. The van der Waals surface area contributed by atoms with Gasteiger partial charge in [0.1, 0.15) is 5.82 Å². The first-order chi connectivity index (χ1) is 9.52. The summed E-state index contributed by atoms with van der Waals surface area (Å²) in [5, 5.41) is 6.64. The number of guanidine groups is 1. The molecule has 0 aliphatic rings. The number of nitrogens with zero attached hydrogens (tertiary/aromatic N) is 1. The summed E-state index contributed by atoms with van der Waals surface area (Å²) in [7, 11) is 1.77. The molecule has 1 atom stereocenters. The molecule has 0 heterocycles. The molecule has 0 saturated heterocycles. The van der Waals surface area contributed by atoms with Crippen LogP contribution in [0.25, 0.3) is 0 Å². The Balaban J connectivity index is 0.00000400. The lowest BCUT2D eigenvalue weighted by Crippen LogP contribution is -2.44. The van der Waals surface area contributed by atoms with E-state index in [0.29, 0.717) is 12.0 Å². The number of hydrogen-bond donors (Lipinski definition) is 2. The molecule has 21 heavy (non-hydrogen) atoms. The van der Waals surface area contributed by atoms with E-state index in [0.717, 1.165) is 30.9 Å². The van der Waals surface area contributed by atoms with E-state index in [-0.39, 0.29) is 29.8 Å². The Bertz CT molecular complexity index is 435. The van der Waals surface area contributed by atoms with Crippen LogP contribution in [0, 0.1) is 11.7 Å². The van der Waals surface area contributed by atoms with E-state index in [1.807, 2.05) is 6.07 Å². The van der Waals surface area contributed by atoms with E-state index >= 15 is 0 Å². The number of nitrogens with one attached hydrogen (secondary N) is 2. The number of hydrogen-bond acceptors (Lipinski definition) is 1. The molecule has 0 saturated carbocycles. The normalized spacial score (nSPS) is 12.8. The second kappa shape index (κ2) is 10.8. The minimum absolute atomic E-state index is 0. The van der Waals surface area contributed by atoms with Crippen molar-refractivity contribution in [3.05, 3.63) is 35.6 Å². The number of aliphatic imine (C=N–C) groups is 1. The van der Waals surface area contributed by atoms with Crippen LogP contribution in [0.3, 0.4) is 0 Å². The molecular formula is C16H27FIN3. The van der Waals surface area contributed by atoms with Crippen molar-refractivity contribution in [2.45, 2.75) is 39.7 Å². The quantitative estimate of drug-likeness (QED) is 0.327. The fourth-order valence-corrected chi connectivity index (χ4v) is 1.77. The fourth-order valence-electron chi connectivity index (χ4n) is 1.77. The van der Waals surface area contributed by atoms with Crippen molar-refractivity contribution in [1.29, 1.82) is 0 Å². The first kappa shape index (κ1) is 20.1. The Kier molecular flexibility index (Phi) is 10.4. The van der Waals surface area contributed by atoms with Gasteiger partial charge in [-0.25, -0.2) is 4.39 Å². The van der Waals surface area contributed by atoms with Crippen molar-refractivity contribution in [2.24, 2.45) is 10.9 Å². The predicted octanol–water partition coefficient (Wildman–Crippen LogP) is 3.59. The lowest BCUT2D eigenvalue weighted by Gasteiger charge is -2.20. The van der Waals surface area contributed by atoms with Gasteiger partial charge in [-0.3, -0.25) is 4.99 Å². The molecule has 0 spiro atoms. The van der Waals surface area contributed by atoms with E-state index < -0.39 is 0 Å². The van der Waals surface area contributed by atoms with Crippen LogP contribution in [0.15, 0.2) is 29.3 Å². The molecule has 2 N–H and O–H groups in total. The van der Waals surface area contributed by atoms with Gasteiger partial charge in [0.05, 0.1) is 0 Å². The number of benzene rings is 1. The van der Waals surface area contributed by atoms with Gasteiger partial charge in [-0.05, 0) is 43.4 Å². The number of rotatable bonds is 6. The Morgan fingerprint density at radius 2 is 2.00 bits per heavy atom. The summed E-state index contributed by atoms with van der Waals surface area (Å²) < 4.78 is 13.0. The predicted molar refractivity (Wildman–Crippen MR) is 98.9 cm³/mol. The van der Waals surface area contributed by atoms with Crippen LogP contribution < -0.4 is 10.6 Å². The summed E-state index contributed by atoms with van der Waals surface area (Å²) in [6, 6.07) is 7.15. The van der Waals surface area contributed by atoms with E-state index in [9.17, 15) is 4.39 Å². The third-order valence-corrected chi connectivity index (χ3v) is 3.41. The summed E-state index contributed by atoms with van der Waals surface area (Å²) in [5.41, 5.74) is 1.03. The maximum atomic E-state index is 13.0. The van der Waals surface area contributed by atoms with Crippen molar-refractivity contribution in [2.75, 3.05) is 13.6 Å². The van der Waals surface area contributed by atoms with Gasteiger partial charge in [0.2, 0.25) is 0 Å². The van der Waals surface area contributed by atoms with Gasteiger partial charge >= 0.3 is 0 Å². The van der Waals surface area contributed by atoms with E-state index in [4.69, 9.17) is 0 Å². The van der Waals surface area contributed by atoms with Crippen molar-refractivity contribution in [1.82, 2.24) is 10.6 Å². The van der Waals surface area contributed by atoms with E-state index in [1.54, 1.807) is 19.2 Å². The summed E-state index contributed by atoms with van der Waals surface area (Å²) in [4.78, 5) is 4.20. The zero-order valence-electron chi connectivity index (χ0n) is 13.3. The Morgan fingerprint density at radius 3 is 2.57 bits per heavy atom. The number of halogens is 2. The first-order valence-electron chi connectivity index (χ1n) is 7.24. The Hall–Kier alpha value is -0.850. The molecule has 5 heteroatoms. The highest BCUT2D eigenvalue weighted by molar-refractivity contribution is 14.0.